The molecule has 2 aliphatic rings. The summed E-state index contributed by atoms with van der Waals surface area (Å²) in [6, 6.07) is 7.36. The van der Waals surface area contributed by atoms with Crippen molar-refractivity contribution in [2.75, 3.05) is 33.3 Å². The number of hydrogen-bond donors (Lipinski definition) is 1. The van der Waals surface area contributed by atoms with Crippen molar-refractivity contribution < 1.29 is 14.3 Å². The van der Waals surface area contributed by atoms with Crippen LogP contribution < -0.4 is 0 Å². The van der Waals surface area contributed by atoms with E-state index in [9.17, 15) is 9.59 Å². The minimum atomic E-state index is -0.310. The van der Waals surface area contributed by atoms with E-state index in [4.69, 9.17) is 4.74 Å². The van der Waals surface area contributed by atoms with Crippen LogP contribution in [0, 0.1) is 0 Å². The Morgan fingerprint density at radius 2 is 1.96 bits per heavy atom. The minimum Gasteiger partial charge on any atom is -0.363 e. The second kappa shape index (κ2) is 6.53. The molecule has 0 atom stereocenters. The normalized spacial score (nSPS) is 19.8. The van der Waals surface area contributed by atoms with Gasteiger partial charge in [0.25, 0.3) is 5.91 Å². The number of amides is 2. The number of aromatic amines is 1. The largest absolute Gasteiger partial charge is 0.363 e. The first-order valence-corrected chi connectivity index (χ1v) is 8.69. The third kappa shape index (κ3) is 3.08. The molecule has 2 fully saturated rings. The molecule has 0 aliphatic carbocycles. The van der Waals surface area contributed by atoms with Crippen LogP contribution in [0.1, 0.15) is 23.2 Å². The van der Waals surface area contributed by atoms with Gasteiger partial charge in [-0.15, -0.1) is 0 Å². The summed E-state index contributed by atoms with van der Waals surface area (Å²) in [4.78, 5) is 32.1. The number of aromatic nitrogens is 3. The number of nitrogens with zero attached hydrogens (tertiary/aromatic N) is 4. The van der Waals surface area contributed by atoms with Crippen LogP contribution in [0.4, 0.5) is 0 Å². The molecule has 26 heavy (non-hydrogen) atoms. The first-order valence-electron chi connectivity index (χ1n) is 8.69. The molecule has 4 rings (SSSR count). The van der Waals surface area contributed by atoms with E-state index in [1.807, 2.05) is 29.2 Å². The Morgan fingerprint density at radius 1 is 1.23 bits per heavy atom. The van der Waals surface area contributed by atoms with E-state index in [-0.39, 0.29) is 24.0 Å². The van der Waals surface area contributed by atoms with Gasteiger partial charge < -0.3 is 14.5 Å². The van der Waals surface area contributed by atoms with Crippen LogP contribution in [0.5, 0.6) is 0 Å². The summed E-state index contributed by atoms with van der Waals surface area (Å²) in [6.07, 6.45) is 2.94. The number of piperidine rings is 1. The van der Waals surface area contributed by atoms with Gasteiger partial charge in [0.15, 0.2) is 5.82 Å². The lowest BCUT2D eigenvalue weighted by atomic mass is 9.89. The Hall–Kier alpha value is -2.74. The molecule has 0 bridgehead atoms. The molecule has 1 aromatic carbocycles. The lowest BCUT2D eigenvalue weighted by Crippen LogP contribution is -2.58. The predicted molar refractivity (Wildman–Crippen MR) is 93.3 cm³/mol. The average Bonchev–Trinajstić information content (AvgIpc) is 3.20. The number of carbonyl (C=O) groups is 2. The van der Waals surface area contributed by atoms with Crippen molar-refractivity contribution in [1.82, 2.24) is 25.0 Å². The molecule has 0 radical (unpaired) electrons. The molecule has 2 aliphatic heterocycles. The van der Waals surface area contributed by atoms with Crippen molar-refractivity contribution in [1.29, 1.82) is 0 Å². The van der Waals surface area contributed by atoms with Gasteiger partial charge in [-0.05, 0) is 25.0 Å². The number of nitrogens with one attached hydrogen (secondary N) is 1. The summed E-state index contributed by atoms with van der Waals surface area (Å²) >= 11 is 0. The maximum Gasteiger partial charge on any atom is 0.253 e. The number of carbonyl (C=O) groups excluding carboxylic acids is 2. The van der Waals surface area contributed by atoms with Crippen LogP contribution in [-0.4, -0.2) is 75.7 Å². The predicted octanol–water partition coefficient (Wildman–Crippen LogP) is 0.935. The highest BCUT2D eigenvalue weighted by molar-refractivity contribution is 5.94. The number of hydrogen-bond acceptors (Lipinski definition) is 5. The summed E-state index contributed by atoms with van der Waals surface area (Å²) in [6.45, 7) is 1.99. The molecule has 2 amide bonds. The number of ether oxygens (including phenoxy) is 1. The fourth-order valence-electron chi connectivity index (χ4n) is 3.61. The van der Waals surface area contributed by atoms with Crippen molar-refractivity contribution >= 4 is 11.8 Å². The van der Waals surface area contributed by atoms with Gasteiger partial charge in [-0.2, -0.15) is 5.10 Å². The number of likely N-dealkylation sites (tertiary alicyclic amines) is 1. The Balaban J connectivity index is 1.40. The molecular weight excluding hydrogens is 334 g/mol. The molecule has 0 saturated carbocycles. The number of likely N-dealkylation sites (N-methyl/N-ethyl adjacent to an activating group) is 1. The van der Waals surface area contributed by atoms with E-state index in [0.29, 0.717) is 31.0 Å². The first-order chi connectivity index (χ1) is 12.6. The number of morpholine rings is 1. The van der Waals surface area contributed by atoms with Gasteiger partial charge in [0.1, 0.15) is 12.9 Å². The van der Waals surface area contributed by atoms with Crippen molar-refractivity contribution in [2.45, 2.75) is 18.4 Å². The Labute approximate surface area is 151 Å². The van der Waals surface area contributed by atoms with E-state index in [1.54, 1.807) is 11.9 Å². The lowest BCUT2D eigenvalue weighted by Gasteiger charge is -2.46. The lowest BCUT2D eigenvalue weighted by molar-refractivity contribution is -0.167. The Bertz CT molecular complexity index is 795. The summed E-state index contributed by atoms with van der Waals surface area (Å²) in [7, 11) is 1.81. The van der Waals surface area contributed by atoms with Crippen LogP contribution in [0.15, 0.2) is 30.6 Å². The van der Waals surface area contributed by atoms with Gasteiger partial charge in [-0.25, -0.2) is 4.98 Å². The zero-order valence-electron chi connectivity index (χ0n) is 14.6. The Kier molecular flexibility index (Phi) is 4.20. The molecule has 8 heteroatoms. The summed E-state index contributed by atoms with van der Waals surface area (Å²) in [5.41, 5.74) is 1.23. The third-order valence-corrected chi connectivity index (χ3v) is 5.24. The summed E-state index contributed by atoms with van der Waals surface area (Å²) < 4.78 is 5.83. The maximum absolute atomic E-state index is 12.8. The van der Waals surface area contributed by atoms with Gasteiger partial charge in [0.05, 0.1) is 5.60 Å². The molecule has 0 unspecified atom stereocenters. The van der Waals surface area contributed by atoms with E-state index in [1.165, 1.54) is 6.33 Å². The molecule has 3 heterocycles. The van der Waals surface area contributed by atoms with Gasteiger partial charge >= 0.3 is 0 Å². The van der Waals surface area contributed by atoms with Crippen molar-refractivity contribution in [2.24, 2.45) is 0 Å². The van der Waals surface area contributed by atoms with E-state index in [2.05, 4.69) is 15.2 Å². The molecule has 2 saturated heterocycles. The summed E-state index contributed by atoms with van der Waals surface area (Å²) in [5, 5.41) is 6.64. The van der Waals surface area contributed by atoms with Crippen LogP contribution in [-0.2, 0) is 9.53 Å². The fourth-order valence-corrected chi connectivity index (χ4v) is 3.61. The van der Waals surface area contributed by atoms with Crippen LogP contribution in [0.2, 0.25) is 0 Å². The average molecular weight is 355 g/mol. The highest BCUT2D eigenvalue weighted by Crippen LogP contribution is 2.30. The van der Waals surface area contributed by atoms with Gasteiger partial charge in [0.2, 0.25) is 5.91 Å². The second-order valence-electron chi connectivity index (χ2n) is 6.93. The number of rotatable bonds is 2. The third-order valence-electron chi connectivity index (χ3n) is 5.24. The van der Waals surface area contributed by atoms with Crippen molar-refractivity contribution in [3.63, 3.8) is 0 Å². The number of H-pyrrole nitrogens is 1. The molecule has 8 nitrogen and oxygen atoms in total. The van der Waals surface area contributed by atoms with Crippen LogP contribution in [0.25, 0.3) is 11.4 Å². The molecule has 1 aromatic heterocycles. The van der Waals surface area contributed by atoms with E-state index in [0.717, 1.165) is 18.4 Å². The van der Waals surface area contributed by atoms with Crippen molar-refractivity contribution in [3.05, 3.63) is 36.2 Å². The summed E-state index contributed by atoms with van der Waals surface area (Å²) in [5.74, 6) is 0.710. The van der Waals surface area contributed by atoms with E-state index < -0.39 is 0 Å². The quantitative estimate of drug-likeness (QED) is 0.865. The standard InChI is InChI=1S/C18H21N5O3/c1-22-11-18(26-10-15(22)24)6-8-23(9-7-18)17(25)14-4-2-13(3-5-14)16-19-12-20-21-16/h2-5,12H,6-11H2,1H3,(H,19,20,21). The molecule has 2 aromatic rings. The molecule has 1 N–H and O–H groups in total. The van der Waals surface area contributed by atoms with Gasteiger partial charge in [-0.3, -0.25) is 14.7 Å². The van der Waals surface area contributed by atoms with E-state index >= 15 is 0 Å². The zero-order valence-corrected chi connectivity index (χ0v) is 14.6. The highest BCUT2D eigenvalue weighted by atomic mass is 16.5. The SMILES string of the molecule is CN1CC2(CCN(C(=O)c3ccc(-c4ncn[nH]4)cc3)CC2)OCC1=O. The smallest absolute Gasteiger partial charge is 0.253 e. The maximum atomic E-state index is 12.8. The van der Waals surface area contributed by atoms with Gasteiger partial charge in [-0.1, -0.05) is 12.1 Å². The van der Waals surface area contributed by atoms with Crippen LogP contribution in [0.3, 0.4) is 0 Å². The van der Waals surface area contributed by atoms with Crippen molar-refractivity contribution in [3.8, 4) is 11.4 Å². The zero-order chi connectivity index (χ0) is 18.1. The highest BCUT2D eigenvalue weighted by Gasteiger charge is 2.42. The molecule has 136 valence electrons. The first kappa shape index (κ1) is 16.7. The topological polar surface area (TPSA) is 91.4 Å². The second-order valence-corrected chi connectivity index (χ2v) is 6.93. The molecular formula is C18H21N5O3. The van der Waals surface area contributed by atoms with Gasteiger partial charge in [0, 0.05) is 37.8 Å². The minimum absolute atomic E-state index is 0.0148. The van der Waals surface area contributed by atoms with Crippen LogP contribution >= 0.6 is 0 Å². The molecule has 1 spiro atoms. The number of benzene rings is 1. The Morgan fingerprint density at radius 3 is 2.58 bits per heavy atom. The fraction of sp³-hybridized carbons (Fsp3) is 0.444. The monoisotopic (exact) mass is 355 g/mol.